The van der Waals surface area contributed by atoms with Gasteiger partial charge in [0.1, 0.15) is 17.3 Å². The molecule has 2 heterocycles. The number of nitrogens with zero attached hydrogens (tertiary/aromatic N) is 2. The maximum atomic E-state index is 9.74. The van der Waals surface area contributed by atoms with Gasteiger partial charge in [0.25, 0.3) is 0 Å². The lowest BCUT2D eigenvalue weighted by molar-refractivity contribution is 0.347. The Morgan fingerprint density at radius 1 is 1.19 bits per heavy atom. The lowest BCUT2D eigenvalue weighted by Gasteiger charge is -2.24. The highest BCUT2D eigenvalue weighted by Crippen LogP contribution is 2.46. The van der Waals surface area contributed by atoms with E-state index >= 15 is 0 Å². The summed E-state index contributed by atoms with van der Waals surface area (Å²) >= 11 is 0. The Morgan fingerprint density at radius 2 is 1.85 bits per heavy atom. The Labute approximate surface area is 157 Å². The molecule has 0 fully saturated rings. The van der Waals surface area contributed by atoms with Gasteiger partial charge in [-0.15, -0.1) is 0 Å². The zero-order valence-corrected chi connectivity index (χ0v) is 15.8. The maximum absolute atomic E-state index is 9.74. The fraction of sp³-hybridized carbons (Fsp3) is 0.368. The summed E-state index contributed by atoms with van der Waals surface area (Å²) in [4.78, 5) is 4.61. The number of fused-ring (bicyclic) bond motifs is 1. The summed E-state index contributed by atoms with van der Waals surface area (Å²) in [6.45, 7) is 2.04. The van der Waals surface area contributed by atoms with Crippen molar-refractivity contribution in [1.82, 2.24) is 4.98 Å². The lowest BCUT2D eigenvalue weighted by Crippen LogP contribution is -2.23. The number of nitriles is 1. The zero-order valence-electron chi connectivity index (χ0n) is 15.8. The molecule has 0 amide bonds. The molecule has 8 nitrogen and oxygen atoms in total. The fourth-order valence-electron chi connectivity index (χ4n) is 3.17. The van der Waals surface area contributed by atoms with Crippen LogP contribution in [0.5, 0.6) is 17.2 Å². The van der Waals surface area contributed by atoms with Crippen molar-refractivity contribution < 1.29 is 18.6 Å². The van der Waals surface area contributed by atoms with Crippen LogP contribution >= 0.6 is 0 Å². The highest BCUT2D eigenvalue weighted by atomic mass is 16.5. The third-order valence-electron chi connectivity index (χ3n) is 4.43. The molecule has 0 spiro atoms. The molecular formula is C19H22N4O4. The number of rotatable bonds is 6. The molecule has 8 heteroatoms. The van der Waals surface area contributed by atoms with Gasteiger partial charge in [0.2, 0.25) is 5.88 Å². The quantitative estimate of drug-likeness (QED) is 0.797. The van der Waals surface area contributed by atoms with E-state index in [0.29, 0.717) is 52.3 Å². The molecule has 0 saturated carbocycles. The van der Waals surface area contributed by atoms with E-state index in [2.05, 4.69) is 16.4 Å². The molecule has 1 aliphatic heterocycles. The summed E-state index contributed by atoms with van der Waals surface area (Å²) in [6.07, 6.45) is 1.57. The first-order valence-electron chi connectivity index (χ1n) is 8.54. The van der Waals surface area contributed by atoms with Crippen LogP contribution in [0.2, 0.25) is 0 Å². The third-order valence-corrected chi connectivity index (χ3v) is 4.43. The van der Waals surface area contributed by atoms with Crippen molar-refractivity contribution in [3.63, 3.8) is 0 Å². The number of aromatic nitrogens is 1. The molecule has 1 aromatic heterocycles. The lowest BCUT2D eigenvalue weighted by atomic mass is 9.86. The smallest absolute Gasteiger partial charge is 0.223 e. The predicted molar refractivity (Wildman–Crippen MR) is 98.9 cm³/mol. The minimum atomic E-state index is -0.546. The van der Waals surface area contributed by atoms with Crippen LogP contribution in [0.1, 0.15) is 36.4 Å². The summed E-state index contributed by atoms with van der Waals surface area (Å²) in [5.74, 6) is 2.28. The second-order valence-electron chi connectivity index (χ2n) is 6.02. The van der Waals surface area contributed by atoms with E-state index in [1.165, 1.54) is 0 Å². The van der Waals surface area contributed by atoms with E-state index in [1.54, 1.807) is 33.5 Å². The molecule has 3 N–H and O–H groups in total. The van der Waals surface area contributed by atoms with E-state index in [0.717, 1.165) is 6.42 Å². The predicted octanol–water partition coefficient (Wildman–Crippen LogP) is 2.90. The van der Waals surface area contributed by atoms with Gasteiger partial charge in [0.05, 0.1) is 38.9 Å². The SMILES string of the molecule is CCCc1nc2c(o1)NC(N)=C(C#N)[C@H]2c1cc(OC)c(OC)cc1OC. The number of oxazole rings is 1. The first-order valence-corrected chi connectivity index (χ1v) is 8.54. The maximum Gasteiger partial charge on any atom is 0.223 e. The molecule has 0 unspecified atom stereocenters. The number of nitrogens with two attached hydrogens (primary N) is 1. The van der Waals surface area contributed by atoms with Gasteiger partial charge in [0, 0.05) is 18.1 Å². The number of ether oxygens (including phenoxy) is 3. The number of nitrogens with one attached hydrogen (secondary N) is 1. The van der Waals surface area contributed by atoms with Gasteiger partial charge in [0.15, 0.2) is 17.4 Å². The van der Waals surface area contributed by atoms with Crippen LogP contribution in [0.25, 0.3) is 0 Å². The summed E-state index contributed by atoms with van der Waals surface area (Å²) in [7, 11) is 4.65. The van der Waals surface area contributed by atoms with Gasteiger partial charge in [-0.2, -0.15) is 5.26 Å². The van der Waals surface area contributed by atoms with Crippen molar-refractivity contribution in [1.29, 1.82) is 5.26 Å². The highest BCUT2D eigenvalue weighted by Gasteiger charge is 2.36. The molecule has 0 aliphatic carbocycles. The molecule has 0 saturated heterocycles. The Bertz CT molecular complexity index is 927. The van der Waals surface area contributed by atoms with E-state index in [4.69, 9.17) is 24.4 Å². The summed E-state index contributed by atoms with van der Waals surface area (Å²) in [5, 5.41) is 12.7. The molecule has 27 heavy (non-hydrogen) atoms. The Balaban J connectivity index is 2.24. The topological polar surface area (TPSA) is 116 Å². The normalized spacial score (nSPS) is 15.6. The molecule has 3 rings (SSSR count). The van der Waals surface area contributed by atoms with Gasteiger partial charge in [-0.25, -0.2) is 4.98 Å². The average molecular weight is 370 g/mol. The van der Waals surface area contributed by atoms with Crippen molar-refractivity contribution >= 4 is 5.88 Å². The van der Waals surface area contributed by atoms with Gasteiger partial charge in [-0.05, 0) is 12.5 Å². The molecule has 1 aliphatic rings. The number of hydrogen-bond donors (Lipinski definition) is 2. The van der Waals surface area contributed by atoms with Crippen LogP contribution in [0.4, 0.5) is 5.88 Å². The van der Waals surface area contributed by atoms with Gasteiger partial charge >= 0.3 is 0 Å². The highest BCUT2D eigenvalue weighted by molar-refractivity contribution is 5.65. The standard InChI is InChI=1S/C19H22N4O4/c1-5-6-15-22-17-16(11(9-20)18(21)23-19(17)27-15)10-7-13(25-3)14(26-4)8-12(10)24-2/h7-8,16,23H,5-6,21H2,1-4H3/t16-/m1/s1. The van der Waals surface area contributed by atoms with Gasteiger partial charge < -0.3 is 29.7 Å². The number of methoxy groups -OCH3 is 3. The number of hydrogen-bond acceptors (Lipinski definition) is 8. The third kappa shape index (κ3) is 3.12. The van der Waals surface area contributed by atoms with E-state index in [1.807, 2.05) is 6.92 Å². The molecule has 0 bridgehead atoms. The molecular weight excluding hydrogens is 348 g/mol. The number of aryl methyl sites for hydroxylation is 1. The Hall–Kier alpha value is -3.34. The van der Waals surface area contributed by atoms with Gasteiger partial charge in [-0.1, -0.05) is 6.92 Å². The minimum absolute atomic E-state index is 0.228. The molecule has 1 atom stereocenters. The van der Waals surface area contributed by atoms with Crippen molar-refractivity contribution in [3.8, 4) is 23.3 Å². The van der Waals surface area contributed by atoms with Crippen molar-refractivity contribution in [2.24, 2.45) is 5.73 Å². The van der Waals surface area contributed by atoms with Crippen LogP contribution in [0.15, 0.2) is 27.9 Å². The van der Waals surface area contributed by atoms with Crippen LogP contribution in [0, 0.1) is 11.3 Å². The second-order valence-corrected chi connectivity index (χ2v) is 6.02. The largest absolute Gasteiger partial charge is 0.496 e. The summed E-state index contributed by atoms with van der Waals surface area (Å²) in [5.41, 5.74) is 7.71. The fourth-order valence-corrected chi connectivity index (χ4v) is 3.17. The first kappa shape index (κ1) is 18.5. The molecule has 142 valence electrons. The number of allylic oxidation sites excluding steroid dienone is 1. The molecule has 2 aromatic rings. The zero-order chi connectivity index (χ0) is 19.6. The minimum Gasteiger partial charge on any atom is -0.496 e. The summed E-state index contributed by atoms with van der Waals surface area (Å²) in [6, 6.07) is 5.68. The van der Waals surface area contributed by atoms with E-state index in [9.17, 15) is 5.26 Å². The number of benzene rings is 1. The van der Waals surface area contributed by atoms with Crippen molar-refractivity contribution in [2.75, 3.05) is 26.6 Å². The van der Waals surface area contributed by atoms with E-state index < -0.39 is 5.92 Å². The second kappa shape index (κ2) is 7.50. The first-order chi connectivity index (χ1) is 13.1. The molecule has 1 aromatic carbocycles. The van der Waals surface area contributed by atoms with Crippen LogP contribution in [-0.2, 0) is 6.42 Å². The monoisotopic (exact) mass is 370 g/mol. The van der Waals surface area contributed by atoms with Crippen LogP contribution in [-0.4, -0.2) is 26.3 Å². The molecule has 0 radical (unpaired) electrons. The van der Waals surface area contributed by atoms with Crippen molar-refractivity contribution in [3.05, 3.63) is 40.7 Å². The van der Waals surface area contributed by atoms with E-state index in [-0.39, 0.29) is 5.82 Å². The summed E-state index contributed by atoms with van der Waals surface area (Å²) < 4.78 is 22.1. The number of anilines is 1. The Kier molecular flexibility index (Phi) is 5.12. The Morgan fingerprint density at radius 3 is 2.44 bits per heavy atom. The average Bonchev–Trinajstić information content (AvgIpc) is 3.07. The van der Waals surface area contributed by atoms with Gasteiger partial charge in [-0.3, -0.25) is 0 Å². The van der Waals surface area contributed by atoms with Crippen LogP contribution < -0.4 is 25.3 Å². The van der Waals surface area contributed by atoms with Crippen molar-refractivity contribution in [2.45, 2.75) is 25.7 Å². The van der Waals surface area contributed by atoms with Crippen LogP contribution in [0.3, 0.4) is 0 Å².